The van der Waals surface area contributed by atoms with E-state index in [0.717, 1.165) is 5.69 Å². The Labute approximate surface area is 121 Å². The average Bonchev–Trinajstić information content (AvgIpc) is 2.49. The van der Waals surface area contributed by atoms with Gasteiger partial charge >= 0.3 is 0 Å². The number of hydrazine groups is 1. The highest BCUT2D eigenvalue weighted by molar-refractivity contribution is 5.93. The van der Waals surface area contributed by atoms with E-state index >= 15 is 0 Å². The van der Waals surface area contributed by atoms with Gasteiger partial charge in [0, 0.05) is 30.4 Å². The van der Waals surface area contributed by atoms with Gasteiger partial charge in [-0.1, -0.05) is 0 Å². The maximum Gasteiger partial charge on any atom is 0.265 e. The first-order chi connectivity index (χ1) is 10.0. The fourth-order valence-corrected chi connectivity index (χ4v) is 1.96. The molecular formula is C15H15F2N3O. The molecule has 21 heavy (non-hydrogen) atoms. The summed E-state index contributed by atoms with van der Waals surface area (Å²) < 4.78 is 26.7. The third-order valence-corrected chi connectivity index (χ3v) is 3.11. The predicted molar refractivity (Wildman–Crippen MR) is 76.6 cm³/mol. The van der Waals surface area contributed by atoms with E-state index in [0.29, 0.717) is 5.56 Å². The Kier molecular flexibility index (Phi) is 4.49. The summed E-state index contributed by atoms with van der Waals surface area (Å²) in [5, 5.41) is 0. The smallest absolute Gasteiger partial charge is 0.265 e. The van der Waals surface area contributed by atoms with Gasteiger partial charge in [0.25, 0.3) is 5.91 Å². The number of amides is 1. The van der Waals surface area contributed by atoms with Gasteiger partial charge in [0.05, 0.1) is 0 Å². The van der Waals surface area contributed by atoms with Crippen LogP contribution in [0.15, 0.2) is 42.5 Å². The molecule has 0 spiro atoms. The first kappa shape index (κ1) is 14.9. The first-order valence-corrected chi connectivity index (χ1v) is 6.27. The van der Waals surface area contributed by atoms with E-state index in [1.807, 2.05) is 5.43 Å². The van der Waals surface area contributed by atoms with E-state index in [2.05, 4.69) is 0 Å². The van der Waals surface area contributed by atoms with Crippen LogP contribution in [0.1, 0.15) is 15.9 Å². The Balaban J connectivity index is 2.22. The molecule has 4 nitrogen and oxygen atoms in total. The van der Waals surface area contributed by atoms with Gasteiger partial charge in [-0.15, -0.1) is 0 Å². The fourth-order valence-electron chi connectivity index (χ4n) is 1.96. The highest BCUT2D eigenvalue weighted by atomic mass is 19.1. The van der Waals surface area contributed by atoms with E-state index in [-0.39, 0.29) is 17.9 Å². The molecular weight excluding hydrogens is 276 g/mol. The van der Waals surface area contributed by atoms with Gasteiger partial charge in [0.1, 0.15) is 11.6 Å². The largest absolute Gasteiger partial charge is 0.370 e. The molecule has 0 saturated carbocycles. The number of benzene rings is 2. The average molecular weight is 291 g/mol. The topological polar surface area (TPSA) is 58.4 Å². The van der Waals surface area contributed by atoms with E-state index in [1.54, 1.807) is 24.1 Å². The summed E-state index contributed by atoms with van der Waals surface area (Å²) in [5.41, 5.74) is 3.37. The molecule has 0 aromatic heterocycles. The fraction of sp³-hybridized carbons (Fsp3) is 0.133. The summed E-state index contributed by atoms with van der Waals surface area (Å²) in [4.78, 5) is 13.2. The van der Waals surface area contributed by atoms with Crippen molar-refractivity contribution in [3.05, 3.63) is 65.2 Å². The minimum absolute atomic E-state index is 0.239. The van der Waals surface area contributed by atoms with Crippen molar-refractivity contribution in [1.29, 1.82) is 0 Å². The molecule has 0 bridgehead atoms. The van der Waals surface area contributed by atoms with Crippen LogP contribution in [0.25, 0.3) is 0 Å². The maximum atomic E-state index is 13.8. The number of nitrogens with one attached hydrogen (secondary N) is 1. The second kappa shape index (κ2) is 6.32. The van der Waals surface area contributed by atoms with Crippen molar-refractivity contribution in [3.8, 4) is 0 Å². The lowest BCUT2D eigenvalue weighted by atomic mass is 10.1. The van der Waals surface area contributed by atoms with Crippen molar-refractivity contribution in [2.24, 2.45) is 5.84 Å². The van der Waals surface area contributed by atoms with Crippen molar-refractivity contribution >= 4 is 11.6 Å². The summed E-state index contributed by atoms with van der Waals surface area (Å²) in [6.07, 6.45) is 0. The molecule has 3 N–H and O–H groups in total. The number of nitrogens with two attached hydrogens (primary N) is 1. The van der Waals surface area contributed by atoms with Gasteiger partial charge in [-0.3, -0.25) is 10.2 Å². The van der Waals surface area contributed by atoms with E-state index in [9.17, 15) is 13.6 Å². The molecule has 0 unspecified atom stereocenters. The molecule has 0 heterocycles. The quantitative estimate of drug-likeness (QED) is 0.516. The summed E-state index contributed by atoms with van der Waals surface area (Å²) >= 11 is 0. The van der Waals surface area contributed by atoms with Crippen LogP contribution in [-0.4, -0.2) is 13.0 Å². The zero-order chi connectivity index (χ0) is 15.4. The number of nitrogens with zero attached hydrogens (tertiary/aromatic N) is 1. The standard InChI is InChI=1S/C15H15F2N3O/c1-20(13-5-3-12(16)4-6-13)9-11-8-10(15(21)19-18)2-7-14(11)17/h2-8H,9,18H2,1H3,(H,19,21). The molecule has 0 saturated heterocycles. The Morgan fingerprint density at radius 3 is 2.48 bits per heavy atom. The lowest BCUT2D eigenvalue weighted by molar-refractivity contribution is 0.0953. The van der Waals surface area contributed by atoms with E-state index in [1.165, 1.54) is 30.3 Å². The zero-order valence-electron chi connectivity index (χ0n) is 11.4. The van der Waals surface area contributed by atoms with Crippen LogP contribution >= 0.6 is 0 Å². The van der Waals surface area contributed by atoms with Gasteiger partial charge in [-0.2, -0.15) is 0 Å². The number of hydrogen-bond donors (Lipinski definition) is 2. The summed E-state index contributed by atoms with van der Waals surface area (Å²) in [6, 6.07) is 9.89. The molecule has 0 atom stereocenters. The van der Waals surface area contributed by atoms with Crippen LogP contribution in [0.3, 0.4) is 0 Å². The second-order valence-electron chi connectivity index (χ2n) is 4.61. The van der Waals surface area contributed by atoms with Crippen LogP contribution in [0.4, 0.5) is 14.5 Å². The monoisotopic (exact) mass is 291 g/mol. The van der Waals surface area contributed by atoms with Crippen LogP contribution in [-0.2, 0) is 6.54 Å². The Morgan fingerprint density at radius 2 is 1.86 bits per heavy atom. The van der Waals surface area contributed by atoms with Gasteiger partial charge in [0.15, 0.2) is 0 Å². The normalized spacial score (nSPS) is 10.3. The molecule has 0 aliphatic carbocycles. The molecule has 2 aromatic rings. The summed E-state index contributed by atoms with van der Waals surface area (Å²) in [7, 11) is 1.75. The van der Waals surface area contributed by atoms with E-state index < -0.39 is 11.7 Å². The number of halogens is 2. The van der Waals surface area contributed by atoms with Crippen LogP contribution in [0.5, 0.6) is 0 Å². The summed E-state index contributed by atoms with van der Waals surface area (Å²) in [5.74, 6) is 3.82. The molecule has 0 radical (unpaired) electrons. The molecule has 6 heteroatoms. The highest BCUT2D eigenvalue weighted by Gasteiger charge is 2.11. The number of hydrogen-bond acceptors (Lipinski definition) is 3. The van der Waals surface area contributed by atoms with Gasteiger partial charge in [-0.05, 0) is 42.5 Å². The van der Waals surface area contributed by atoms with Crippen molar-refractivity contribution in [3.63, 3.8) is 0 Å². The van der Waals surface area contributed by atoms with Gasteiger partial charge in [0.2, 0.25) is 0 Å². The molecule has 0 fully saturated rings. The number of rotatable bonds is 4. The third-order valence-electron chi connectivity index (χ3n) is 3.11. The Morgan fingerprint density at radius 1 is 1.19 bits per heavy atom. The minimum atomic E-state index is -0.485. The van der Waals surface area contributed by atoms with Gasteiger partial charge < -0.3 is 4.90 Å². The maximum absolute atomic E-state index is 13.8. The van der Waals surface area contributed by atoms with Crippen molar-refractivity contribution in [1.82, 2.24) is 5.43 Å². The van der Waals surface area contributed by atoms with Gasteiger partial charge in [-0.25, -0.2) is 14.6 Å². The highest BCUT2D eigenvalue weighted by Crippen LogP contribution is 2.18. The molecule has 0 aliphatic heterocycles. The van der Waals surface area contributed by atoms with E-state index in [4.69, 9.17) is 5.84 Å². The SMILES string of the molecule is CN(Cc1cc(C(=O)NN)ccc1F)c1ccc(F)cc1. The Bertz CT molecular complexity index is 644. The molecule has 0 aliphatic rings. The molecule has 2 rings (SSSR count). The van der Waals surface area contributed by atoms with Crippen molar-refractivity contribution in [2.75, 3.05) is 11.9 Å². The second-order valence-corrected chi connectivity index (χ2v) is 4.61. The van der Waals surface area contributed by atoms with Crippen LogP contribution in [0.2, 0.25) is 0 Å². The Hall–Kier alpha value is -2.47. The van der Waals surface area contributed by atoms with Crippen LogP contribution < -0.4 is 16.2 Å². The molecule has 2 aromatic carbocycles. The lowest BCUT2D eigenvalue weighted by Gasteiger charge is -2.20. The predicted octanol–water partition coefficient (Wildman–Crippen LogP) is 2.20. The number of nitrogen functional groups attached to an aromatic ring is 1. The zero-order valence-corrected chi connectivity index (χ0v) is 11.4. The minimum Gasteiger partial charge on any atom is -0.370 e. The number of anilines is 1. The van der Waals surface area contributed by atoms with Crippen LogP contribution in [0, 0.1) is 11.6 Å². The van der Waals surface area contributed by atoms with Crippen molar-refractivity contribution < 1.29 is 13.6 Å². The molecule has 110 valence electrons. The number of carbonyl (C=O) groups excluding carboxylic acids is 1. The van der Waals surface area contributed by atoms with Crippen molar-refractivity contribution in [2.45, 2.75) is 6.54 Å². The molecule has 1 amide bonds. The summed E-state index contributed by atoms with van der Waals surface area (Å²) in [6.45, 7) is 0.239. The third kappa shape index (κ3) is 3.55. The number of carbonyl (C=O) groups is 1. The lowest BCUT2D eigenvalue weighted by Crippen LogP contribution is -2.30. The first-order valence-electron chi connectivity index (χ1n) is 6.27.